The molecule has 0 spiro atoms. The predicted molar refractivity (Wildman–Crippen MR) is 75.7 cm³/mol. The van der Waals surface area contributed by atoms with E-state index in [1.54, 1.807) is 11.8 Å². The van der Waals surface area contributed by atoms with Gasteiger partial charge in [-0.2, -0.15) is 0 Å². The Hall–Kier alpha value is -1.10. The van der Waals surface area contributed by atoms with Gasteiger partial charge < -0.3 is 15.5 Å². The normalized spacial score (nSPS) is 20.7. The van der Waals surface area contributed by atoms with Crippen LogP contribution in [0, 0.1) is 5.92 Å². The molecule has 1 aliphatic rings. The van der Waals surface area contributed by atoms with Crippen LogP contribution in [-0.2, 0) is 9.59 Å². The molecule has 0 bridgehead atoms. The number of rotatable bonds is 6. The lowest BCUT2D eigenvalue weighted by Gasteiger charge is -2.25. The topological polar surface area (TPSA) is 61.4 Å². The van der Waals surface area contributed by atoms with Crippen LogP contribution in [0.25, 0.3) is 0 Å². The highest BCUT2D eigenvalue weighted by atomic mass is 16.2. The lowest BCUT2D eigenvalue weighted by molar-refractivity contribution is -0.135. The Bertz CT molecular complexity index is 297. The van der Waals surface area contributed by atoms with Crippen LogP contribution in [0.5, 0.6) is 0 Å². The number of likely N-dealkylation sites (N-methyl/N-ethyl adjacent to an activating group) is 1. The van der Waals surface area contributed by atoms with Crippen molar-refractivity contribution in [1.29, 1.82) is 0 Å². The van der Waals surface area contributed by atoms with Crippen molar-refractivity contribution < 1.29 is 9.59 Å². The number of nitrogens with one attached hydrogen (secondary N) is 2. The fraction of sp³-hybridized carbons (Fsp3) is 0.857. The minimum absolute atomic E-state index is 0.000110. The molecule has 5 nitrogen and oxygen atoms in total. The summed E-state index contributed by atoms with van der Waals surface area (Å²) >= 11 is 0. The highest BCUT2D eigenvalue weighted by molar-refractivity contribution is 5.87. The summed E-state index contributed by atoms with van der Waals surface area (Å²) in [5.41, 5.74) is 0. The average molecular weight is 269 g/mol. The second-order valence-electron chi connectivity index (χ2n) is 5.22. The van der Waals surface area contributed by atoms with E-state index in [1.165, 1.54) is 0 Å². The van der Waals surface area contributed by atoms with Crippen molar-refractivity contribution in [3.8, 4) is 0 Å². The first kappa shape index (κ1) is 16.0. The van der Waals surface area contributed by atoms with Crippen LogP contribution in [0.2, 0.25) is 0 Å². The molecular weight excluding hydrogens is 242 g/mol. The molecule has 1 rings (SSSR count). The van der Waals surface area contributed by atoms with Crippen molar-refractivity contribution in [3.05, 3.63) is 0 Å². The van der Waals surface area contributed by atoms with Crippen LogP contribution in [-0.4, -0.2) is 48.9 Å². The van der Waals surface area contributed by atoms with Crippen LogP contribution in [0.3, 0.4) is 0 Å². The molecule has 0 aromatic carbocycles. The van der Waals surface area contributed by atoms with Crippen molar-refractivity contribution >= 4 is 11.8 Å². The van der Waals surface area contributed by atoms with E-state index in [4.69, 9.17) is 0 Å². The smallest absolute Gasteiger partial charge is 0.244 e. The molecular formula is C14H27N3O2. The summed E-state index contributed by atoms with van der Waals surface area (Å²) < 4.78 is 0. The molecule has 1 saturated heterocycles. The van der Waals surface area contributed by atoms with Gasteiger partial charge in [0.1, 0.15) is 6.04 Å². The van der Waals surface area contributed by atoms with E-state index in [0.29, 0.717) is 25.4 Å². The van der Waals surface area contributed by atoms with Gasteiger partial charge in [-0.05, 0) is 52.6 Å². The third-order valence-corrected chi connectivity index (χ3v) is 3.70. The summed E-state index contributed by atoms with van der Waals surface area (Å²) in [5, 5.41) is 6.12. The van der Waals surface area contributed by atoms with E-state index in [9.17, 15) is 9.59 Å². The highest BCUT2D eigenvalue weighted by Crippen LogP contribution is 2.13. The zero-order valence-electron chi connectivity index (χ0n) is 12.4. The van der Waals surface area contributed by atoms with Crippen LogP contribution in [0.1, 0.15) is 40.0 Å². The number of amides is 2. The van der Waals surface area contributed by atoms with Gasteiger partial charge >= 0.3 is 0 Å². The highest BCUT2D eigenvalue weighted by Gasteiger charge is 2.22. The number of hydrogen-bond donors (Lipinski definition) is 2. The Labute approximate surface area is 116 Å². The first-order valence-electron chi connectivity index (χ1n) is 7.37. The number of piperidine rings is 1. The van der Waals surface area contributed by atoms with Gasteiger partial charge in [-0.1, -0.05) is 0 Å². The molecule has 1 heterocycles. The maximum Gasteiger partial charge on any atom is 0.244 e. The molecule has 2 unspecified atom stereocenters. The van der Waals surface area contributed by atoms with Gasteiger partial charge in [0, 0.05) is 19.5 Å². The van der Waals surface area contributed by atoms with E-state index in [-0.39, 0.29) is 11.8 Å². The third-order valence-electron chi connectivity index (χ3n) is 3.70. The predicted octanol–water partition coefficient (Wildman–Crippen LogP) is 0.749. The molecule has 0 aliphatic carbocycles. The first-order valence-corrected chi connectivity index (χ1v) is 7.37. The minimum atomic E-state index is -0.427. The molecule has 19 heavy (non-hydrogen) atoms. The molecule has 1 aliphatic heterocycles. The molecule has 2 amide bonds. The Balaban J connectivity index is 2.36. The zero-order chi connectivity index (χ0) is 14.3. The SMILES string of the molecule is CCN(CC)C(=O)C(C)NC(=O)CC1CCCNC1. The van der Waals surface area contributed by atoms with E-state index in [0.717, 1.165) is 25.9 Å². The van der Waals surface area contributed by atoms with Crippen molar-refractivity contribution in [3.63, 3.8) is 0 Å². The molecule has 1 fully saturated rings. The Morgan fingerprint density at radius 1 is 1.37 bits per heavy atom. The van der Waals surface area contributed by atoms with E-state index < -0.39 is 6.04 Å². The summed E-state index contributed by atoms with van der Waals surface area (Å²) in [6.45, 7) is 8.98. The average Bonchev–Trinajstić information content (AvgIpc) is 2.40. The van der Waals surface area contributed by atoms with Crippen molar-refractivity contribution in [2.45, 2.75) is 46.1 Å². The maximum atomic E-state index is 12.0. The van der Waals surface area contributed by atoms with Crippen molar-refractivity contribution in [2.75, 3.05) is 26.2 Å². The van der Waals surface area contributed by atoms with Gasteiger partial charge in [-0.15, -0.1) is 0 Å². The fourth-order valence-corrected chi connectivity index (χ4v) is 2.53. The second kappa shape index (κ2) is 8.15. The van der Waals surface area contributed by atoms with Gasteiger partial charge in [-0.3, -0.25) is 9.59 Å². The Morgan fingerprint density at radius 3 is 2.58 bits per heavy atom. The largest absolute Gasteiger partial charge is 0.345 e. The van der Waals surface area contributed by atoms with Crippen LogP contribution in [0.4, 0.5) is 0 Å². The summed E-state index contributed by atoms with van der Waals surface area (Å²) in [6.07, 6.45) is 2.74. The summed E-state index contributed by atoms with van der Waals surface area (Å²) in [4.78, 5) is 25.7. The standard InChI is InChI=1S/C14H27N3O2/c1-4-17(5-2)14(19)11(3)16-13(18)9-12-7-6-8-15-10-12/h11-12,15H,4-10H2,1-3H3,(H,16,18). The fourth-order valence-electron chi connectivity index (χ4n) is 2.53. The molecule has 0 saturated carbocycles. The molecule has 2 N–H and O–H groups in total. The Morgan fingerprint density at radius 2 is 2.05 bits per heavy atom. The van der Waals surface area contributed by atoms with Gasteiger partial charge in [0.2, 0.25) is 11.8 Å². The summed E-state index contributed by atoms with van der Waals surface area (Å²) in [7, 11) is 0. The van der Waals surface area contributed by atoms with Gasteiger partial charge in [0.05, 0.1) is 0 Å². The summed E-state index contributed by atoms with van der Waals surface area (Å²) in [5.74, 6) is 0.395. The van der Waals surface area contributed by atoms with E-state index in [1.807, 2.05) is 13.8 Å². The molecule has 0 aromatic heterocycles. The second-order valence-corrected chi connectivity index (χ2v) is 5.22. The van der Waals surface area contributed by atoms with Gasteiger partial charge in [0.25, 0.3) is 0 Å². The van der Waals surface area contributed by atoms with Crippen molar-refractivity contribution in [2.24, 2.45) is 5.92 Å². The van der Waals surface area contributed by atoms with Crippen LogP contribution in [0.15, 0.2) is 0 Å². The number of hydrogen-bond acceptors (Lipinski definition) is 3. The molecule has 110 valence electrons. The third kappa shape index (κ3) is 5.19. The lowest BCUT2D eigenvalue weighted by Crippen LogP contribution is -2.47. The zero-order valence-corrected chi connectivity index (χ0v) is 12.4. The minimum Gasteiger partial charge on any atom is -0.345 e. The monoisotopic (exact) mass is 269 g/mol. The van der Waals surface area contributed by atoms with Crippen LogP contribution < -0.4 is 10.6 Å². The Kier molecular flexibility index (Phi) is 6.84. The van der Waals surface area contributed by atoms with Gasteiger partial charge in [-0.25, -0.2) is 0 Å². The quantitative estimate of drug-likeness (QED) is 0.748. The number of carbonyl (C=O) groups is 2. The lowest BCUT2D eigenvalue weighted by atomic mass is 9.96. The molecule has 0 radical (unpaired) electrons. The number of carbonyl (C=O) groups excluding carboxylic acids is 2. The van der Waals surface area contributed by atoms with Gasteiger partial charge in [0.15, 0.2) is 0 Å². The van der Waals surface area contributed by atoms with Crippen LogP contribution >= 0.6 is 0 Å². The van der Waals surface area contributed by atoms with Crippen molar-refractivity contribution in [1.82, 2.24) is 15.5 Å². The van der Waals surface area contributed by atoms with E-state index >= 15 is 0 Å². The van der Waals surface area contributed by atoms with E-state index in [2.05, 4.69) is 10.6 Å². The summed E-state index contributed by atoms with van der Waals surface area (Å²) in [6, 6.07) is -0.427. The molecule has 0 aromatic rings. The maximum absolute atomic E-state index is 12.0. The first-order chi connectivity index (χ1) is 9.08. The number of nitrogens with zero attached hydrogens (tertiary/aromatic N) is 1. The molecule has 2 atom stereocenters. The molecule has 5 heteroatoms.